The Morgan fingerprint density at radius 3 is 2.16 bits per heavy atom. The molecule has 3 aromatic carbocycles. The first-order valence-electron chi connectivity index (χ1n) is 10.8. The Hall–Kier alpha value is -3.53. The summed E-state index contributed by atoms with van der Waals surface area (Å²) in [5.41, 5.74) is 7.09. The Kier molecular flexibility index (Phi) is 4.78. The second-order valence-electron chi connectivity index (χ2n) is 8.57. The Bertz CT molecular complexity index is 1370. The molecule has 5 aromatic rings. The van der Waals surface area contributed by atoms with Crippen molar-refractivity contribution in [2.75, 3.05) is 0 Å². The van der Waals surface area contributed by atoms with Gasteiger partial charge in [-0.15, -0.1) is 5.10 Å². The van der Waals surface area contributed by atoms with Gasteiger partial charge in [0.05, 0.1) is 17.5 Å². The zero-order valence-electron chi connectivity index (χ0n) is 18.3. The van der Waals surface area contributed by atoms with Gasteiger partial charge in [0.15, 0.2) is 5.82 Å². The van der Waals surface area contributed by atoms with E-state index in [1.54, 1.807) is 6.20 Å². The highest BCUT2D eigenvalue weighted by Gasteiger charge is 2.19. The van der Waals surface area contributed by atoms with Crippen LogP contribution in [0.1, 0.15) is 50.7 Å². The predicted molar refractivity (Wildman–Crippen MR) is 126 cm³/mol. The average molecular weight is 408 g/mol. The summed E-state index contributed by atoms with van der Waals surface area (Å²) in [5.74, 6) is 1.34. The van der Waals surface area contributed by atoms with Gasteiger partial charge in [-0.05, 0) is 35.1 Å². The van der Waals surface area contributed by atoms with E-state index in [1.807, 2.05) is 30.3 Å². The summed E-state index contributed by atoms with van der Waals surface area (Å²) in [5, 5.41) is 10.9. The molecule has 0 spiro atoms. The molecule has 4 heteroatoms. The zero-order chi connectivity index (χ0) is 21.5. The van der Waals surface area contributed by atoms with Gasteiger partial charge in [-0.1, -0.05) is 76.2 Å². The molecule has 0 aliphatic carbocycles. The summed E-state index contributed by atoms with van der Waals surface area (Å²) in [6.45, 7) is 8.86. The molecule has 0 bridgehead atoms. The topological polar surface area (TPSA) is 51.8 Å². The smallest absolute Gasteiger partial charge is 0.186 e. The molecule has 0 aliphatic rings. The largest absolute Gasteiger partial charge is 0.455 e. The van der Waals surface area contributed by atoms with Crippen LogP contribution in [0.5, 0.6) is 0 Å². The molecule has 2 aromatic heterocycles. The van der Waals surface area contributed by atoms with Crippen molar-refractivity contribution in [2.24, 2.45) is 0 Å². The SMILES string of the molecule is CC(C)c1cccc(C(C)C)c1-c1cnnc(-c2cccc3c2oc2ccccc23)n1. The van der Waals surface area contributed by atoms with Crippen LogP contribution in [0.4, 0.5) is 0 Å². The highest BCUT2D eigenvalue weighted by Crippen LogP contribution is 2.37. The minimum Gasteiger partial charge on any atom is -0.455 e. The van der Waals surface area contributed by atoms with Gasteiger partial charge in [0.25, 0.3) is 0 Å². The fraction of sp³-hybridized carbons (Fsp3) is 0.222. The molecule has 0 unspecified atom stereocenters. The van der Waals surface area contributed by atoms with Crippen LogP contribution in [-0.4, -0.2) is 15.2 Å². The van der Waals surface area contributed by atoms with Gasteiger partial charge in [0.2, 0.25) is 0 Å². The van der Waals surface area contributed by atoms with Crippen molar-refractivity contribution in [3.63, 3.8) is 0 Å². The molecular weight excluding hydrogens is 382 g/mol. The monoisotopic (exact) mass is 407 g/mol. The standard InChI is InChI=1S/C27H25N3O/c1-16(2)18-10-7-11-19(17(3)4)25(18)23-15-28-30-27(29-23)22-13-8-12-21-20-9-5-6-14-24(20)31-26(21)22/h5-17H,1-4H3. The predicted octanol–water partition coefficient (Wildman–Crippen LogP) is 7.35. The van der Waals surface area contributed by atoms with Crippen LogP contribution < -0.4 is 0 Å². The molecule has 0 saturated heterocycles. The fourth-order valence-electron chi connectivity index (χ4n) is 4.31. The lowest BCUT2D eigenvalue weighted by Crippen LogP contribution is -2.03. The van der Waals surface area contributed by atoms with E-state index in [4.69, 9.17) is 9.40 Å². The Labute approximate surface area is 182 Å². The van der Waals surface area contributed by atoms with Crippen LogP contribution in [0.15, 0.2) is 71.3 Å². The molecule has 0 saturated carbocycles. The average Bonchev–Trinajstić information content (AvgIpc) is 3.17. The minimum atomic E-state index is 0.380. The van der Waals surface area contributed by atoms with Crippen molar-refractivity contribution >= 4 is 21.9 Å². The Morgan fingerprint density at radius 2 is 1.42 bits per heavy atom. The summed E-state index contributed by atoms with van der Waals surface area (Å²) >= 11 is 0. The normalized spacial score (nSPS) is 11.8. The molecule has 0 N–H and O–H groups in total. The molecule has 154 valence electrons. The highest BCUT2D eigenvalue weighted by molar-refractivity contribution is 6.09. The van der Waals surface area contributed by atoms with Gasteiger partial charge in [0.1, 0.15) is 11.2 Å². The molecule has 0 aliphatic heterocycles. The summed E-state index contributed by atoms with van der Waals surface area (Å²) in [4.78, 5) is 4.99. The van der Waals surface area contributed by atoms with E-state index in [9.17, 15) is 0 Å². The molecule has 0 radical (unpaired) electrons. The van der Waals surface area contributed by atoms with E-state index in [-0.39, 0.29) is 0 Å². The zero-order valence-corrected chi connectivity index (χ0v) is 18.3. The van der Waals surface area contributed by atoms with Gasteiger partial charge < -0.3 is 4.42 Å². The summed E-state index contributed by atoms with van der Waals surface area (Å²) in [6.07, 6.45) is 1.77. The van der Waals surface area contributed by atoms with E-state index < -0.39 is 0 Å². The second-order valence-corrected chi connectivity index (χ2v) is 8.57. The van der Waals surface area contributed by atoms with Crippen LogP contribution in [0.2, 0.25) is 0 Å². The van der Waals surface area contributed by atoms with E-state index in [0.29, 0.717) is 17.7 Å². The van der Waals surface area contributed by atoms with Crippen molar-refractivity contribution in [3.05, 3.63) is 78.0 Å². The van der Waals surface area contributed by atoms with Crippen LogP contribution in [0.25, 0.3) is 44.6 Å². The maximum absolute atomic E-state index is 6.20. The highest BCUT2D eigenvalue weighted by atomic mass is 16.3. The number of hydrogen-bond donors (Lipinski definition) is 0. The van der Waals surface area contributed by atoms with E-state index >= 15 is 0 Å². The molecule has 2 heterocycles. The van der Waals surface area contributed by atoms with Crippen LogP contribution in [-0.2, 0) is 0 Å². The lowest BCUT2D eigenvalue weighted by atomic mass is 9.87. The number of hydrogen-bond acceptors (Lipinski definition) is 4. The van der Waals surface area contributed by atoms with Gasteiger partial charge in [-0.3, -0.25) is 0 Å². The first kappa shape index (κ1) is 19.4. The van der Waals surface area contributed by atoms with E-state index in [1.165, 1.54) is 16.7 Å². The third-order valence-electron chi connectivity index (χ3n) is 5.83. The third kappa shape index (κ3) is 3.28. The lowest BCUT2D eigenvalue weighted by molar-refractivity contribution is 0.669. The van der Waals surface area contributed by atoms with Crippen molar-refractivity contribution < 1.29 is 4.42 Å². The number of fused-ring (bicyclic) bond motifs is 3. The van der Waals surface area contributed by atoms with Crippen molar-refractivity contribution in [2.45, 2.75) is 39.5 Å². The molecule has 0 amide bonds. The quantitative estimate of drug-likeness (QED) is 0.312. The van der Waals surface area contributed by atoms with Crippen molar-refractivity contribution in [1.82, 2.24) is 15.2 Å². The lowest BCUT2D eigenvalue weighted by Gasteiger charge is -2.19. The number of benzene rings is 3. The van der Waals surface area contributed by atoms with Crippen LogP contribution in [0, 0.1) is 0 Å². The van der Waals surface area contributed by atoms with Crippen molar-refractivity contribution in [1.29, 1.82) is 0 Å². The van der Waals surface area contributed by atoms with Gasteiger partial charge in [-0.25, -0.2) is 4.98 Å². The first-order chi connectivity index (χ1) is 15.0. The van der Waals surface area contributed by atoms with E-state index in [0.717, 1.165) is 33.2 Å². The Balaban J connectivity index is 1.74. The van der Waals surface area contributed by atoms with Gasteiger partial charge in [-0.2, -0.15) is 5.10 Å². The first-order valence-corrected chi connectivity index (χ1v) is 10.8. The number of furan rings is 1. The van der Waals surface area contributed by atoms with Gasteiger partial charge in [0, 0.05) is 16.3 Å². The molecule has 31 heavy (non-hydrogen) atoms. The molecular formula is C27H25N3O. The fourth-order valence-corrected chi connectivity index (χ4v) is 4.31. The molecule has 4 nitrogen and oxygen atoms in total. The van der Waals surface area contributed by atoms with Crippen molar-refractivity contribution in [3.8, 4) is 22.6 Å². The number of rotatable bonds is 4. The number of para-hydroxylation sites is 2. The Morgan fingerprint density at radius 1 is 0.742 bits per heavy atom. The van der Waals surface area contributed by atoms with Gasteiger partial charge >= 0.3 is 0 Å². The maximum atomic E-state index is 6.20. The summed E-state index contributed by atoms with van der Waals surface area (Å²) in [6, 6.07) is 20.7. The van der Waals surface area contributed by atoms with E-state index in [2.05, 4.69) is 68.2 Å². The summed E-state index contributed by atoms with van der Waals surface area (Å²) in [7, 11) is 0. The summed E-state index contributed by atoms with van der Waals surface area (Å²) < 4.78 is 6.20. The minimum absolute atomic E-state index is 0.380. The molecule has 5 rings (SSSR count). The molecule has 0 fully saturated rings. The molecule has 0 atom stereocenters. The number of aromatic nitrogens is 3. The van der Waals surface area contributed by atoms with Crippen LogP contribution >= 0.6 is 0 Å². The third-order valence-corrected chi connectivity index (χ3v) is 5.83. The second kappa shape index (κ2) is 7.62. The number of nitrogens with zero attached hydrogens (tertiary/aromatic N) is 3. The maximum Gasteiger partial charge on any atom is 0.186 e. The van der Waals surface area contributed by atoms with Crippen LogP contribution in [0.3, 0.4) is 0 Å².